The second-order valence-corrected chi connectivity index (χ2v) is 15.9. The molecule has 2 aromatic carbocycles. The molecule has 3 rings (SSSR count). The lowest BCUT2D eigenvalue weighted by molar-refractivity contribution is -0.146. The van der Waals surface area contributed by atoms with E-state index in [1.807, 2.05) is 42.5 Å². The van der Waals surface area contributed by atoms with Crippen LogP contribution in [0.25, 0.3) is 10.9 Å². The quantitative estimate of drug-likeness (QED) is 0.130. The summed E-state index contributed by atoms with van der Waals surface area (Å²) >= 11 is 7.83. The fraction of sp³-hybridized carbons (Fsp3) is 0.500. The third-order valence-corrected chi connectivity index (χ3v) is 8.18. The molecule has 1 aromatic heterocycles. The minimum atomic E-state index is -1.00. The van der Waals surface area contributed by atoms with Crippen LogP contribution in [0.3, 0.4) is 0 Å². The van der Waals surface area contributed by atoms with Crippen molar-refractivity contribution in [1.82, 2.24) is 15.2 Å². The highest BCUT2D eigenvalue weighted by molar-refractivity contribution is 8.00. The average molecular weight is 660 g/mol. The number of carbonyl (C=O) groups excluding carboxylic acids is 2. The summed E-state index contributed by atoms with van der Waals surface area (Å²) in [5.41, 5.74) is 1.35. The molecule has 0 atom stereocenters. The molecule has 0 aliphatic heterocycles. The minimum absolute atomic E-state index is 0.156. The van der Waals surface area contributed by atoms with Crippen molar-refractivity contribution in [3.63, 3.8) is 0 Å². The summed E-state index contributed by atoms with van der Waals surface area (Å²) in [4.78, 5) is 37.5. The number of carbonyl (C=O) groups is 3. The Bertz CT molecular complexity index is 1500. The van der Waals surface area contributed by atoms with Crippen LogP contribution >= 0.6 is 23.4 Å². The molecule has 0 bridgehead atoms. The first-order valence-electron chi connectivity index (χ1n) is 15.0. The number of fused-ring (bicyclic) bond motifs is 1. The number of ether oxygens (including phenoxy) is 2. The van der Waals surface area contributed by atoms with E-state index < -0.39 is 23.1 Å². The number of aromatic nitrogens is 1. The number of carboxylic acids is 1. The Morgan fingerprint density at radius 3 is 2.18 bits per heavy atom. The fourth-order valence-corrected chi connectivity index (χ4v) is 5.82. The monoisotopic (exact) mass is 659 g/mol. The van der Waals surface area contributed by atoms with Crippen molar-refractivity contribution in [2.75, 3.05) is 19.7 Å². The van der Waals surface area contributed by atoms with Crippen LogP contribution in [-0.2, 0) is 27.3 Å². The molecule has 0 fully saturated rings. The van der Waals surface area contributed by atoms with Crippen LogP contribution in [0.5, 0.6) is 5.75 Å². The van der Waals surface area contributed by atoms with Gasteiger partial charge in [0.1, 0.15) is 11.4 Å². The summed E-state index contributed by atoms with van der Waals surface area (Å²) in [5.74, 6) is -0.610. The molecule has 2 amide bonds. The second kappa shape index (κ2) is 14.8. The van der Waals surface area contributed by atoms with Crippen molar-refractivity contribution in [3.05, 3.63) is 58.7 Å². The van der Waals surface area contributed by atoms with Crippen LogP contribution in [0, 0.1) is 5.41 Å². The number of nitrogens with one attached hydrogen (secondary N) is 2. The number of rotatable bonds is 13. The SMILES string of the molecule is CC(C)(C)OC(=O)NCCCNC(=O)COc1ccc2c(c1)c(SC(C)(C)C)c(CC(C)(C)C(=O)O)n2Cc1ccc(Cl)cc1. The van der Waals surface area contributed by atoms with E-state index >= 15 is 0 Å². The van der Waals surface area contributed by atoms with E-state index in [0.717, 1.165) is 27.1 Å². The van der Waals surface area contributed by atoms with Crippen LogP contribution in [-0.4, -0.2) is 57.7 Å². The molecule has 0 saturated carbocycles. The minimum Gasteiger partial charge on any atom is -0.484 e. The zero-order valence-electron chi connectivity index (χ0n) is 27.5. The van der Waals surface area contributed by atoms with E-state index in [1.165, 1.54) is 0 Å². The van der Waals surface area contributed by atoms with Gasteiger partial charge >= 0.3 is 12.1 Å². The smallest absolute Gasteiger partial charge is 0.407 e. The van der Waals surface area contributed by atoms with Gasteiger partial charge in [0.25, 0.3) is 5.91 Å². The molecule has 3 aromatic rings. The Kier molecular flexibility index (Phi) is 11.9. The summed E-state index contributed by atoms with van der Waals surface area (Å²) in [7, 11) is 0. The predicted octanol–water partition coefficient (Wildman–Crippen LogP) is 7.30. The first kappa shape index (κ1) is 36.1. The number of benzene rings is 2. The molecule has 0 aliphatic rings. The molecule has 0 aliphatic carbocycles. The number of nitrogens with zero attached hydrogens (tertiary/aromatic N) is 1. The van der Waals surface area contributed by atoms with E-state index in [2.05, 4.69) is 36.0 Å². The molecule has 0 saturated heterocycles. The van der Waals surface area contributed by atoms with Gasteiger partial charge in [-0.2, -0.15) is 0 Å². The van der Waals surface area contributed by atoms with Gasteiger partial charge in [0, 0.05) is 57.3 Å². The zero-order valence-corrected chi connectivity index (χ0v) is 29.1. The third-order valence-electron chi connectivity index (χ3n) is 6.66. The molecule has 246 valence electrons. The Morgan fingerprint density at radius 1 is 0.933 bits per heavy atom. The van der Waals surface area contributed by atoms with Gasteiger partial charge in [-0.3, -0.25) is 9.59 Å². The van der Waals surface area contributed by atoms with Gasteiger partial charge in [0.05, 0.1) is 5.41 Å². The maximum absolute atomic E-state index is 12.5. The Hall–Kier alpha value is -3.37. The Labute approximate surface area is 275 Å². The summed E-state index contributed by atoms with van der Waals surface area (Å²) in [6.45, 7) is 16.4. The van der Waals surface area contributed by atoms with Crippen LogP contribution in [0.2, 0.25) is 5.02 Å². The summed E-state index contributed by atoms with van der Waals surface area (Å²) in [5, 5.41) is 17.1. The first-order chi connectivity index (χ1) is 20.8. The van der Waals surface area contributed by atoms with Crippen molar-refractivity contribution in [2.45, 2.75) is 90.0 Å². The number of carboxylic acid groups (broad SMARTS) is 1. The van der Waals surface area contributed by atoms with E-state index in [0.29, 0.717) is 43.2 Å². The molecule has 0 unspecified atom stereocenters. The van der Waals surface area contributed by atoms with Gasteiger partial charge in [0.15, 0.2) is 6.61 Å². The van der Waals surface area contributed by atoms with Gasteiger partial charge in [-0.1, -0.05) is 44.5 Å². The third kappa shape index (κ3) is 11.2. The van der Waals surface area contributed by atoms with Gasteiger partial charge in [-0.25, -0.2) is 4.79 Å². The summed E-state index contributed by atoms with van der Waals surface area (Å²) < 4.78 is 13.1. The number of hydrogen-bond donors (Lipinski definition) is 3. The van der Waals surface area contributed by atoms with E-state index in [1.54, 1.807) is 46.4 Å². The van der Waals surface area contributed by atoms with Gasteiger partial charge in [-0.15, -0.1) is 11.8 Å². The van der Waals surface area contributed by atoms with Gasteiger partial charge in [-0.05, 0) is 76.9 Å². The van der Waals surface area contributed by atoms with Crippen molar-refractivity contribution >= 4 is 52.2 Å². The largest absolute Gasteiger partial charge is 0.484 e. The highest BCUT2D eigenvalue weighted by Gasteiger charge is 2.33. The van der Waals surface area contributed by atoms with Crippen LogP contribution in [0.1, 0.15) is 73.1 Å². The van der Waals surface area contributed by atoms with Crippen molar-refractivity contribution in [1.29, 1.82) is 0 Å². The lowest BCUT2D eigenvalue weighted by Crippen LogP contribution is -2.35. The molecule has 0 spiro atoms. The number of thioether (sulfide) groups is 1. The maximum Gasteiger partial charge on any atom is 0.407 e. The van der Waals surface area contributed by atoms with E-state index in [9.17, 15) is 19.5 Å². The molecule has 3 N–H and O–H groups in total. The summed E-state index contributed by atoms with van der Waals surface area (Å²) in [6.07, 6.45) is 0.374. The summed E-state index contributed by atoms with van der Waals surface area (Å²) in [6, 6.07) is 13.4. The van der Waals surface area contributed by atoms with Crippen LogP contribution < -0.4 is 15.4 Å². The van der Waals surface area contributed by atoms with Crippen molar-refractivity contribution in [2.24, 2.45) is 5.41 Å². The second-order valence-electron chi connectivity index (χ2n) is 13.7. The normalized spacial score (nSPS) is 12.2. The number of amides is 2. The molecular formula is C34H46ClN3O6S. The molecule has 45 heavy (non-hydrogen) atoms. The van der Waals surface area contributed by atoms with Crippen LogP contribution in [0.4, 0.5) is 4.79 Å². The topological polar surface area (TPSA) is 119 Å². The molecule has 0 radical (unpaired) electrons. The van der Waals surface area contributed by atoms with E-state index in [4.69, 9.17) is 21.1 Å². The number of halogens is 1. The Balaban J connectivity index is 1.83. The fourth-order valence-electron chi connectivity index (χ4n) is 4.51. The van der Waals surface area contributed by atoms with Crippen molar-refractivity contribution < 1.29 is 29.0 Å². The molecular weight excluding hydrogens is 614 g/mol. The molecule has 1 heterocycles. The lowest BCUT2D eigenvalue weighted by Gasteiger charge is -2.24. The highest BCUT2D eigenvalue weighted by Crippen LogP contribution is 2.44. The molecule has 11 heteroatoms. The average Bonchev–Trinajstić information content (AvgIpc) is 3.17. The maximum atomic E-state index is 12.5. The highest BCUT2D eigenvalue weighted by atomic mass is 35.5. The van der Waals surface area contributed by atoms with E-state index in [-0.39, 0.29) is 17.3 Å². The number of alkyl carbamates (subject to hydrolysis) is 1. The lowest BCUT2D eigenvalue weighted by atomic mass is 9.88. The van der Waals surface area contributed by atoms with Crippen molar-refractivity contribution in [3.8, 4) is 5.75 Å². The van der Waals surface area contributed by atoms with Gasteiger partial charge in [0.2, 0.25) is 0 Å². The Morgan fingerprint density at radius 2 is 1.58 bits per heavy atom. The van der Waals surface area contributed by atoms with Gasteiger partial charge < -0.3 is 29.8 Å². The first-order valence-corrected chi connectivity index (χ1v) is 16.2. The predicted molar refractivity (Wildman–Crippen MR) is 181 cm³/mol. The van der Waals surface area contributed by atoms with Crippen LogP contribution in [0.15, 0.2) is 47.4 Å². The number of aliphatic carboxylic acids is 1. The zero-order chi connectivity index (χ0) is 33.6. The number of hydrogen-bond acceptors (Lipinski definition) is 6. The molecule has 9 nitrogen and oxygen atoms in total. The standard InChI is InChI=1S/C34H46ClN3O6S/c1-32(2,3)44-31(42)37-17-9-16-36-28(39)21-43-24-14-15-26-25(18-24)29(45-33(4,5)6)27(19-34(7,8)30(40)41)38(26)20-22-10-12-23(35)13-11-22/h10-15,18H,9,16-17,19-21H2,1-8H3,(H,36,39)(H,37,42)(H,40,41).